The molecule has 0 amide bonds. The average molecular weight is 229 g/mol. The van der Waals surface area contributed by atoms with Gasteiger partial charge >= 0.3 is 5.97 Å². The fourth-order valence-corrected chi connectivity index (χ4v) is 1.44. The number of nitrogens with zero attached hydrogens (tertiary/aromatic N) is 1. The molecule has 0 aromatic heterocycles. The number of anilines is 1. The quantitative estimate of drug-likeness (QED) is 0.357. The minimum atomic E-state index is -1.26. The molecular weight excluding hydrogens is 216 g/mol. The van der Waals surface area contributed by atoms with Crippen LogP contribution in [-0.2, 0) is 4.79 Å². The molecule has 0 aliphatic heterocycles. The van der Waals surface area contributed by atoms with Crippen LogP contribution in [0.4, 0.5) is 5.69 Å². The summed E-state index contributed by atoms with van der Waals surface area (Å²) in [5.74, 6) is 4.44. The number of aliphatic carboxylic acids is 1. The lowest BCUT2D eigenvalue weighted by atomic mass is 10.1. The molecule has 1 unspecified atom stereocenters. The SMILES string of the molecule is Cc1ccc(N(N)C(Cl)C(=O)O)c(C)c1. The number of alkyl halides is 1. The Hall–Kier alpha value is -1.26. The zero-order chi connectivity index (χ0) is 11.6. The van der Waals surface area contributed by atoms with Crippen LogP contribution >= 0.6 is 11.6 Å². The third kappa shape index (κ3) is 2.61. The second-order valence-corrected chi connectivity index (χ2v) is 3.78. The first-order valence-electron chi connectivity index (χ1n) is 4.41. The van der Waals surface area contributed by atoms with Gasteiger partial charge in [-0.15, -0.1) is 0 Å². The highest BCUT2D eigenvalue weighted by molar-refractivity contribution is 6.30. The van der Waals surface area contributed by atoms with Crippen LogP contribution in [-0.4, -0.2) is 16.6 Å². The van der Waals surface area contributed by atoms with Gasteiger partial charge in [-0.1, -0.05) is 29.3 Å². The number of aryl methyl sites for hydroxylation is 2. The maximum absolute atomic E-state index is 10.6. The number of carboxylic acid groups (broad SMARTS) is 1. The van der Waals surface area contributed by atoms with Crippen LogP contribution < -0.4 is 10.9 Å². The first-order chi connectivity index (χ1) is 6.93. The zero-order valence-electron chi connectivity index (χ0n) is 8.57. The monoisotopic (exact) mass is 228 g/mol. The Morgan fingerprint density at radius 1 is 1.53 bits per heavy atom. The molecule has 5 heteroatoms. The topological polar surface area (TPSA) is 66.6 Å². The van der Waals surface area contributed by atoms with Gasteiger partial charge < -0.3 is 5.11 Å². The molecule has 15 heavy (non-hydrogen) atoms. The van der Waals surface area contributed by atoms with Crippen molar-refractivity contribution in [3.8, 4) is 0 Å². The second kappa shape index (κ2) is 4.51. The minimum absolute atomic E-state index is 0.614. The van der Waals surface area contributed by atoms with E-state index < -0.39 is 11.5 Å². The summed E-state index contributed by atoms with van der Waals surface area (Å²) >= 11 is 5.61. The van der Waals surface area contributed by atoms with Crippen LogP contribution in [0.25, 0.3) is 0 Å². The largest absolute Gasteiger partial charge is 0.479 e. The van der Waals surface area contributed by atoms with E-state index in [-0.39, 0.29) is 0 Å². The molecule has 1 aromatic rings. The van der Waals surface area contributed by atoms with E-state index in [2.05, 4.69) is 0 Å². The molecule has 4 nitrogen and oxygen atoms in total. The van der Waals surface area contributed by atoms with Gasteiger partial charge in [0.05, 0.1) is 5.69 Å². The highest BCUT2D eigenvalue weighted by Gasteiger charge is 2.21. The highest BCUT2D eigenvalue weighted by atomic mass is 35.5. The number of nitrogens with two attached hydrogens (primary N) is 1. The van der Waals surface area contributed by atoms with Crippen LogP contribution in [0.1, 0.15) is 11.1 Å². The normalized spacial score (nSPS) is 12.3. The predicted octanol–water partition coefficient (Wildman–Crippen LogP) is 1.63. The molecule has 1 aromatic carbocycles. The Bertz CT molecular complexity index is 382. The van der Waals surface area contributed by atoms with Crippen LogP contribution in [0.5, 0.6) is 0 Å². The van der Waals surface area contributed by atoms with Crippen molar-refractivity contribution in [2.45, 2.75) is 19.3 Å². The molecular formula is C10H13ClN2O2. The van der Waals surface area contributed by atoms with Crippen molar-refractivity contribution in [2.75, 3.05) is 5.01 Å². The summed E-state index contributed by atoms with van der Waals surface area (Å²) in [6, 6.07) is 5.53. The van der Waals surface area contributed by atoms with E-state index in [0.29, 0.717) is 5.69 Å². The van der Waals surface area contributed by atoms with Gasteiger partial charge in [-0.05, 0) is 25.5 Å². The van der Waals surface area contributed by atoms with E-state index >= 15 is 0 Å². The smallest absolute Gasteiger partial charge is 0.343 e. The zero-order valence-corrected chi connectivity index (χ0v) is 9.32. The average Bonchev–Trinajstić information content (AvgIpc) is 2.15. The molecule has 3 N–H and O–H groups in total. The maximum atomic E-state index is 10.6. The Balaban J connectivity index is 3.01. The number of carboxylic acids is 1. The summed E-state index contributed by atoms with van der Waals surface area (Å²) in [4.78, 5) is 10.6. The summed E-state index contributed by atoms with van der Waals surface area (Å²) in [5.41, 5.74) is 1.34. The van der Waals surface area contributed by atoms with Crippen molar-refractivity contribution in [2.24, 2.45) is 5.84 Å². The van der Waals surface area contributed by atoms with Gasteiger partial charge in [0.1, 0.15) is 0 Å². The first kappa shape index (κ1) is 11.8. The van der Waals surface area contributed by atoms with E-state index in [1.807, 2.05) is 26.0 Å². The summed E-state index contributed by atoms with van der Waals surface area (Å²) in [7, 11) is 0. The van der Waals surface area contributed by atoms with Gasteiger partial charge in [0.2, 0.25) is 5.50 Å². The molecule has 0 aliphatic rings. The molecule has 0 radical (unpaired) electrons. The van der Waals surface area contributed by atoms with E-state index in [0.717, 1.165) is 16.1 Å². The van der Waals surface area contributed by atoms with E-state index in [1.165, 1.54) is 0 Å². The molecule has 0 heterocycles. The fraction of sp³-hybridized carbons (Fsp3) is 0.300. The van der Waals surface area contributed by atoms with Gasteiger partial charge in [-0.25, -0.2) is 10.6 Å². The maximum Gasteiger partial charge on any atom is 0.343 e. The first-order valence-corrected chi connectivity index (χ1v) is 4.85. The summed E-state index contributed by atoms with van der Waals surface area (Å²) in [6.45, 7) is 3.81. The molecule has 0 saturated carbocycles. The van der Waals surface area contributed by atoms with Crippen molar-refractivity contribution in [3.63, 3.8) is 0 Å². The number of halogens is 1. The van der Waals surface area contributed by atoms with Crippen LogP contribution in [0.3, 0.4) is 0 Å². The lowest BCUT2D eigenvalue weighted by Gasteiger charge is -2.23. The van der Waals surface area contributed by atoms with Gasteiger partial charge in [0.15, 0.2) is 0 Å². The molecule has 0 aliphatic carbocycles. The van der Waals surface area contributed by atoms with Gasteiger partial charge in [-0.3, -0.25) is 5.01 Å². The van der Waals surface area contributed by atoms with Crippen molar-refractivity contribution in [1.29, 1.82) is 0 Å². The van der Waals surface area contributed by atoms with Gasteiger partial charge in [0.25, 0.3) is 0 Å². The fourth-order valence-electron chi connectivity index (χ4n) is 1.34. The third-order valence-electron chi connectivity index (χ3n) is 2.08. The van der Waals surface area contributed by atoms with Crippen LogP contribution in [0.2, 0.25) is 0 Å². The van der Waals surface area contributed by atoms with Crippen molar-refractivity contribution >= 4 is 23.3 Å². The molecule has 1 atom stereocenters. The van der Waals surface area contributed by atoms with Gasteiger partial charge in [0, 0.05) is 0 Å². The molecule has 0 saturated heterocycles. The Kier molecular flexibility index (Phi) is 3.55. The van der Waals surface area contributed by atoms with E-state index in [1.54, 1.807) is 6.07 Å². The van der Waals surface area contributed by atoms with Gasteiger partial charge in [-0.2, -0.15) is 0 Å². The Morgan fingerprint density at radius 3 is 2.60 bits per heavy atom. The molecule has 0 fully saturated rings. The number of rotatable bonds is 3. The summed E-state index contributed by atoms with van der Waals surface area (Å²) < 4.78 is 0. The number of carbonyl (C=O) groups is 1. The predicted molar refractivity (Wildman–Crippen MR) is 59.9 cm³/mol. The van der Waals surface area contributed by atoms with Crippen LogP contribution in [0, 0.1) is 13.8 Å². The molecule has 0 spiro atoms. The number of hydrazine groups is 1. The van der Waals surface area contributed by atoms with Crippen molar-refractivity contribution in [3.05, 3.63) is 29.3 Å². The van der Waals surface area contributed by atoms with E-state index in [9.17, 15) is 4.79 Å². The molecule has 1 rings (SSSR count). The molecule has 82 valence electrons. The standard InChI is InChI=1S/C10H13ClN2O2/c1-6-3-4-8(7(2)5-6)13(12)9(11)10(14)15/h3-5,9H,12H2,1-2H3,(H,14,15). The molecule has 0 bridgehead atoms. The van der Waals surface area contributed by atoms with Crippen molar-refractivity contribution in [1.82, 2.24) is 0 Å². The third-order valence-corrected chi connectivity index (χ3v) is 2.48. The Labute approximate surface area is 93.2 Å². The lowest BCUT2D eigenvalue weighted by Crippen LogP contribution is -2.43. The number of benzene rings is 1. The second-order valence-electron chi connectivity index (χ2n) is 3.37. The Morgan fingerprint density at radius 2 is 2.13 bits per heavy atom. The number of hydrogen-bond donors (Lipinski definition) is 2. The summed E-state index contributed by atoms with van der Waals surface area (Å²) in [5, 5.41) is 9.75. The summed E-state index contributed by atoms with van der Waals surface area (Å²) in [6.07, 6.45) is 0. The highest BCUT2D eigenvalue weighted by Crippen LogP contribution is 2.21. The van der Waals surface area contributed by atoms with Crippen LogP contribution in [0.15, 0.2) is 18.2 Å². The van der Waals surface area contributed by atoms with Crippen molar-refractivity contribution < 1.29 is 9.90 Å². The minimum Gasteiger partial charge on any atom is -0.479 e. The lowest BCUT2D eigenvalue weighted by molar-refractivity contribution is -0.136. The van der Waals surface area contributed by atoms with E-state index in [4.69, 9.17) is 22.6 Å². The number of hydrogen-bond acceptors (Lipinski definition) is 3.